The number of aryl methyl sites for hydroxylation is 1. The Morgan fingerprint density at radius 3 is 2.54 bits per heavy atom. The average molecular weight is 389 g/mol. The highest BCUT2D eigenvalue weighted by molar-refractivity contribution is 7.98. The molecule has 7 heteroatoms. The van der Waals surface area contributed by atoms with E-state index in [2.05, 4.69) is 51.7 Å². The highest BCUT2D eigenvalue weighted by Crippen LogP contribution is 2.24. The summed E-state index contributed by atoms with van der Waals surface area (Å²) in [6, 6.07) is 22.0. The third kappa shape index (κ3) is 4.55. The first-order valence-electron chi connectivity index (χ1n) is 8.88. The zero-order chi connectivity index (χ0) is 19.2. The molecule has 2 heterocycles. The van der Waals surface area contributed by atoms with E-state index in [0.717, 1.165) is 28.0 Å². The van der Waals surface area contributed by atoms with E-state index in [1.807, 2.05) is 42.5 Å². The summed E-state index contributed by atoms with van der Waals surface area (Å²) >= 11 is 1.60. The second-order valence-electron chi connectivity index (χ2n) is 6.25. The Labute approximate surface area is 167 Å². The van der Waals surface area contributed by atoms with E-state index >= 15 is 0 Å². The second-order valence-corrected chi connectivity index (χ2v) is 7.19. The van der Waals surface area contributed by atoms with Crippen LogP contribution in [-0.2, 0) is 12.4 Å². The van der Waals surface area contributed by atoms with Crippen molar-refractivity contribution in [2.24, 2.45) is 0 Å². The van der Waals surface area contributed by atoms with Crippen molar-refractivity contribution in [1.29, 1.82) is 0 Å². The fourth-order valence-electron chi connectivity index (χ4n) is 2.59. The zero-order valence-corrected chi connectivity index (χ0v) is 16.2. The van der Waals surface area contributed by atoms with Crippen molar-refractivity contribution in [2.45, 2.75) is 24.4 Å². The van der Waals surface area contributed by atoms with E-state index in [4.69, 9.17) is 4.74 Å². The summed E-state index contributed by atoms with van der Waals surface area (Å²) in [6.07, 6.45) is 1.77. The van der Waals surface area contributed by atoms with E-state index in [9.17, 15) is 0 Å². The summed E-state index contributed by atoms with van der Waals surface area (Å²) in [5.74, 6) is 1.59. The van der Waals surface area contributed by atoms with Crippen molar-refractivity contribution >= 4 is 11.8 Å². The summed E-state index contributed by atoms with van der Waals surface area (Å²) in [5.41, 5.74) is 4.24. The minimum atomic E-state index is 0.459. The molecule has 140 valence electrons. The van der Waals surface area contributed by atoms with Crippen molar-refractivity contribution in [3.8, 4) is 11.4 Å². The molecule has 0 fully saturated rings. The van der Waals surface area contributed by atoms with Crippen LogP contribution in [0.15, 0.2) is 78.1 Å². The largest absolute Gasteiger partial charge is 0.487 e. The Morgan fingerprint density at radius 1 is 0.964 bits per heavy atom. The fourth-order valence-corrected chi connectivity index (χ4v) is 3.43. The van der Waals surface area contributed by atoms with Gasteiger partial charge in [0.1, 0.15) is 12.4 Å². The van der Waals surface area contributed by atoms with Gasteiger partial charge in [0.2, 0.25) is 5.16 Å². The minimum Gasteiger partial charge on any atom is -0.487 e. The van der Waals surface area contributed by atoms with Gasteiger partial charge in [-0.05, 0) is 59.3 Å². The fraction of sp³-hybridized carbons (Fsp3) is 0.143. The number of rotatable bonds is 7. The molecule has 28 heavy (non-hydrogen) atoms. The number of nitrogens with zero attached hydrogens (tertiary/aromatic N) is 5. The third-order valence-corrected chi connectivity index (χ3v) is 5.11. The first-order chi connectivity index (χ1) is 13.8. The lowest BCUT2D eigenvalue weighted by atomic mass is 10.2. The lowest BCUT2D eigenvalue weighted by Gasteiger charge is -2.07. The molecule has 4 rings (SSSR count). The highest BCUT2D eigenvalue weighted by Gasteiger charge is 2.09. The van der Waals surface area contributed by atoms with Gasteiger partial charge in [0.15, 0.2) is 0 Å². The maximum atomic E-state index is 5.78. The Morgan fingerprint density at radius 2 is 1.79 bits per heavy atom. The van der Waals surface area contributed by atoms with Crippen molar-refractivity contribution < 1.29 is 4.74 Å². The van der Waals surface area contributed by atoms with Crippen LogP contribution in [0.1, 0.15) is 16.8 Å². The van der Waals surface area contributed by atoms with E-state index in [0.29, 0.717) is 6.61 Å². The molecule has 0 N–H and O–H groups in total. The molecule has 0 aliphatic heterocycles. The van der Waals surface area contributed by atoms with Crippen LogP contribution < -0.4 is 4.74 Å². The third-order valence-electron chi connectivity index (χ3n) is 4.12. The monoisotopic (exact) mass is 389 g/mol. The van der Waals surface area contributed by atoms with Gasteiger partial charge in [0.25, 0.3) is 0 Å². The second kappa shape index (κ2) is 8.67. The number of pyridine rings is 1. The predicted molar refractivity (Wildman–Crippen MR) is 108 cm³/mol. The molecule has 0 saturated heterocycles. The summed E-state index contributed by atoms with van der Waals surface area (Å²) in [6.45, 7) is 2.52. The van der Waals surface area contributed by atoms with E-state index in [-0.39, 0.29) is 0 Å². The smallest absolute Gasteiger partial charge is 0.214 e. The molecular weight excluding hydrogens is 370 g/mol. The molecule has 0 aliphatic rings. The molecule has 0 aliphatic carbocycles. The van der Waals surface area contributed by atoms with Gasteiger partial charge in [-0.3, -0.25) is 4.98 Å². The van der Waals surface area contributed by atoms with Crippen molar-refractivity contribution in [2.75, 3.05) is 0 Å². The number of tetrazole rings is 1. The van der Waals surface area contributed by atoms with Crippen molar-refractivity contribution in [3.63, 3.8) is 0 Å². The molecule has 0 spiro atoms. The Balaban J connectivity index is 1.35. The zero-order valence-electron chi connectivity index (χ0n) is 15.4. The summed E-state index contributed by atoms with van der Waals surface area (Å²) in [4.78, 5) is 4.26. The number of ether oxygens (including phenoxy) is 1. The van der Waals surface area contributed by atoms with Crippen LogP contribution in [0.25, 0.3) is 5.69 Å². The Kier molecular flexibility index (Phi) is 5.63. The number of hydrogen-bond donors (Lipinski definition) is 0. The molecule has 6 nitrogen and oxygen atoms in total. The first kappa shape index (κ1) is 18.2. The lowest BCUT2D eigenvalue weighted by molar-refractivity contribution is 0.301. The van der Waals surface area contributed by atoms with Gasteiger partial charge in [0, 0.05) is 11.9 Å². The van der Waals surface area contributed by atoms with E-state index in [1.54, 1.807) is 22.6 Å². The number of hydrogen-bond acceptors (Lipinski definition) is 6. The van der Waals surface area contributed by atoms with E-state index < -0.39 is 0 Å². The van der Waals surface area contributed by atoms with Crippen LogP contribution in [-0.4, -0.2) is 25.2 Å². The maximum Gasteiger partial charge on any atom is 0.214 e. The molecule has 2 aromatic heterocycles. The van der Waals surface area contributed by atoms with Gasteiger partial charge in [-0.25, -0.2) is 0 Å². The quantitative estimate of drug-likeness (QED) is 0.441. The van der Waals surface area contributed by atoms with Gasteiger partial charge >= 0.3 is 0 Å². The maximum absolute atomic E-state index is 5.78. The summed E-state index contributed by atoms with van der Waals surface area (Å²) in [5, 5.41) is 12.8. The molecule has 0 bridgehead atoms. The predicted octanol–water partition coefficient (Wildman–Crippen LogP) is 4.24. The van der Waals surface area contributed by atoms with Crippen molar-refractivity contribution in [3.05, 3.63) is 89.7 Å². The van der Waals surface area contributed by atoms with Gasteiger partial charge in [0.05, 0.1) is 11.4 Å². The molecule has 0 radical (unpaired) electrons. The molecule has 0 atom stereocenters. The van der Waals surface area contributed by atoms with Gasteiger partial charge < -0.3 is 4.74 Å². The van der Waals surface area contributed by atoms with Crippen LogP contribution in [0.3, 0.4) is 0 Å². The lowest BCUT2D eigenvalue weighted by Crippen LogP contribution is -1.99. The summed E-state index contributed by atoms with van der Waals surface area (Å²) < 4.78 is 7.54. The van der Waals surface area contributed by atoms with Crippen molar-refractivity contribution in [1.82, 2.24) is 25.2 Å². The molecule has 0 amide bonds. The van der Waals surface area contributed by atoms with Crippen LogP contribution in [0.4, 0.5) is 0 Å². The normalized spacial score (nSPS) is 10.8. The van der Waals surface area contributed by atoms with Gasteiger partial charge in [-0.2, -0.15) is 4.68 Å². The van der Waals surface area contributed by atoms with Crippen LogP contribution in [0, 0.1) is 6.92 Å². The van der Waals surface area contributed by atoms with Crippen LogP contribution >= 0.6 is 11.8 Å². The Hall–Kier alpha value is -3.19. The minimum absolute atomic E-state index is 0.459. The highest BCUT2D eigenvalue weighted by atomic mass is 32.2. The standard InChI is InChI=1S/C21H19N5OS/c1-16-5-9-19(10-6-16)26-21(23-24-25-26)28-15-17-7-11-20(12-8-17)27-14-18-4-2-3-13-22-18/h2-13H,14-15H2,1H3. The van der Waals surface area contributed by atoms with Gasteiger partial charge in [-0.15, -0.1) is 5.10 Å². The SMILES string of the molecule is Cc1ccc(-n2nnnc2SCc2ccc(OCc3ccccn3)cc2)cc1. The number of thioether (sulfide) groups is 1. The first-order valence-corrected chi connectivity index (χ1v) is 9.86. The molecular formula is C21H19N5OS. The number of benzene rings is 2. The van der Waals surface area contributed by atoms with E-state index in [1.165, 1.54) is 11.1 Å². The number of aromatic nitrogens is 5. The van der Waals surface area contributed by atoms with Crippen LogP contribution in [0.2, 0.25) is 0 Å². The average Bonchev–Trinajstić information content (AvgIpc) is 3.21. The Bertz CT molecular complexity index is 1020. The molecule has 2 aromatic carbocycles. The topological polar surface area (TPSA) is 65.7 Å². The van der Waals surface area contributed by atoms with Crippen LogP contribution in [0.5, 0.6) is 5.75 Å². The molecule has 0 unspecified atom stereocenters. The molecule has 4 aromatic rings. The molecule has 0 saturated carbocycles. The van der Waals surface area contributed by atoms with Gasteiger partial charge in [-0.1, -0.05) is 47.7 Å². The summed E-state index contributed by atoms with van der Waals surface area (Å²) in [7, 11) is 0.